The van der Waals surface area contributed by atoms with E-state index in [-0.39, 0.29) is 5.82 Å². The Bertz CT molecular complexity index is 872. The highest BCUT2D eigenvalue weighted by Crippen LogP contribution is 2.24. The molecule has 6 nitrogen and oxygen atoms in total. The van der Waals surface area contributed by atoms with E-state index in [0.717, 1.165) is 48.9 Å². The minimum atomic E-state index is -0.416. The first-order valence-electron chi connectivity index (χ1n) is 10.5. The van der Waals surface area contributed by atoms with E-state index in [1.54, 1.807) is 18.4 Å². The quantitative estimate of drug-likeness (QED) is 0.579. The molecule has 0 atom stereocenters. The Labute approximate surface area is 180 Å². The third-order valence-electron chi connectivity index (χ3n) is 5.62. The number of hydrogen-bond acceptors (Lipinski definition) is 5. The Morgan fingerprint density at radius 1 is 1.10 bits per heavy atom. The van der Waals surface area contributed by atoms with Crippen LogP contribution in [0.25, 0.3) is 0 Å². The lowest BCUT2D eigenvalue weighted by Crippen LogP contribution is -2.53. The molecule has 162 valence electrons. The Kier molecular flexibility index (Phi) is 6.66. The first-order chi connectivity index (χ1) is 14.6. The topological polar surface area (TPSA) is 47.0 Å². The summed E-state index contributed by atoms with van der Waals surface area (Å²) in [5.41, 5.74) is 1.44. The summed E-state index contributed by atoms with van der Waals surface area (Å²) < 4.78 is 27.5. The zero-order valence-corrected chi connectivity index (χ0v) is 18.1. The van der Waals surface area contributed by atoms with Crippen LogP contribution in [-0.2, 0) is 6.42 Å². The number of hydrogen-bond donors (Lipinski definition) is 1. The average Bonchev–Trinajstić information content (AvgIpc) is 3.45. The van der Waals surface area contributed by atoms with Crippen LogP contribution in [-0.4, -0.2) is 68.7 Å². The number of piperazine rings is 1. The molecule has 2 aliphatic heterocycles. The molecular formula is C21H28F2N6S. The van der Waals surface area contributed by atoms with Crippen LogP contribution >= 0.6 is 11.3 Å². The smallest absolute Gasteiger partial charge is 0.193 e. The average molecular weight is 435 g/mol. The lowest BCUT2D eigenvalue weighted by atomic mass is 10.2. The number of nitrogens with one attached hydrogen (secondary N) is 1. The van der Waals surface area contributed by atoms with Gasteiger partial charge in [-0.05, 0) is 25.0 Å². The Morgan fingerprint density at radius 3 is 2.60 bits per heavy atom. The van der Waals surface area contributed by atoms with Crippen LogP contribution in [0.15, 0.2) is 28.6 Å². The van der Waals surface area contributed by atoms with Crippen LogP contribution < -0.4 is 15.1 Å². The van der Waals surface area contributed by atoms with Gasteiger partial charge in [0.25, 0.3) is 0 Å². The van der Waals surface area contributed by atoms with Crippen LogP contribution in [0.4, 0.5) is 19.6 Å². The van der Waals surface area contributed by atoms with E-state index >= 15 is 0 Å². The van der Waals surface area contributed by atoms with Gasteiger partial charge in [0.2, 0.25) is 0 Å². The van der Waals surface area contributed by atoms with Crippen molar-refractivity contribution in [2.75, 3.05) is 62.7 Å². The molecule has 0 radical (unpaired) electrons. The summed E-state index contributed by atoms with van der Waals surface area (Å²) in [5, 5.41) is 6.69. The first-order valence-corrected chi connectivity index (χ1v) is 11.4. The molecule has 2 fully saturated rings. The molecule has 0 aliphatic carbocycles. The van der Waals surface area contributed by atoms with Crippen molar-refractivity contribution in [3.63, 3.8) is 0 Å². The molecule has 3 heterocycles. The first kappa shape index (κ1) is 20.8. The van der Waals surface area contributed by atoms with Gasteiger partial charge in [-0.25, -0.2) is 13.8 Å². The number of benzene rings is 1. The van der Waals surface area contributed by atoms with Gasteiger partial charge in [0, 0.05) is 70.7 Å². The normalized spacial score (nSPS) is 17.7. The Balaban J connectivity index is 1.25. The fourth-order valence-electron chi connectivity index (χ4n) is 3.99. The highest BCUT2D eigenvalue weighted by Gasteiger charge is 2.22. The highest BCUT2D eigenvalue weighted by atomic mass is 32.1. The minimum absolute atomic E-state index is 0.329. The summed E-state index contributed by atoms with van der Waals surface area (Å²) in [5.74, 6) is 0.0366. The lowest BCUT2D eigenvalue weighted by Gasteiger charge is -2.37. The fraction of sp³-hybridized carbons (Fsp3) is 0.524. The predicted molar refractivity (Wildman–Crippen MR) is 119 cm³/mol. The number of guanidine groups is 1. The van der Waals surface area contributed by atoms with Crippen molar-refractivity contribution in [3.05, 3.63) is 40.9 Å². The fourth-order valence-corrected chi connectivity index (χ4v) is 4.90. The van der Waals surface area contributed by atoms with E-state index in [1.807, 2.05) is 4.90 Å². The van der Waals surface area contributed by atoms with Crippen molar-refractivity contribution in [3.8, 4) is 0 Å². The predicted octanol–water partition coefficient (Wildman–Crippen LogP) is 2.96. The second-order valence-corrected chi connectivity index (χ2v) is 8.45. The van der Waals surface area contributed by atoms with Crippen LogP contribution in [0, 0.1) is 11.6 Å². The summed E-state index contributed by atoms with van der Waals surface area (Å²) >= 11 is 1.72. The van der Waals surface area contributed by atoms with Gasteiger partial charge in [-0.15, -0.1) is 11.3 Å². The number of halogens is 2. The van der Waals surface area contributed by atoms with Crippen molar-refractivity contribution in [2.24, 2.45) is 4.99 Å². The van der Waals surface area contributed by atoms with Crippen molar-refractivity contribution in [1.82, 2.24) is 15.2 Å². The molecule has 2 aromatic rings. The van der Waals surface area contributed by atoms with Gasteiger partial charge in [0.1, 0.15) is 11.6 Å². The molecule has 30 heavy (non-hydrogen) atoms. The molecule has 1 aromatic carbocycles. The van der Waals surface area contributed by atoms with E-state index in [4.69, 9.17) is 4.98 Å². The van der Waals surface area contributed by atoms with E-state index < -0.39 is 5.82 Å². The largest absolute Gasteiger partial charge is 0.366 e. The van der Waals surface area contributed by atoms with Crippen LogP contribution in [0.5, 0.6) is 0 Å². The van der Waals surface area contributed by atoms with Crippen molar-refractivity contribution in [2.45, 2.75) is 19.3 Å². The minimum Gasteiger partial charge on any atom is -0.366 e. The van der Waals surface area contributed by atoms with Gasteiger partial charge in [-0.2, -0.15) is 0 Å². The second-order valence-electron chi connectivity index (χ2n) is 7.61. The van der Waals surface area contributed by atoms with Gasteiger partial charge in [-0.1, -0.05) is 0 Å². The molecular weight excluding hydrogens is 406 g/mol. The second kappa shape index (κ2) is 9.59. The summed E-state index contributed by atoms with van der Waals surface area (Å²) in [6.07, 6.45) is 3.36. The Hall–Kier alpha value is -2.42. The summed E-state index contributed by atoms with van der Waals surface area (Å²) in [6.45, 7) is 5.62. The molecule has 0 bridgehead atoms. The van der Waals surface area contributed by atoms with Gasteiger partial charge < -0.3 is 20.0 Å². The molecule has 0 spiro atoms. The Morgan fingerprint density at radius 2 is 1.87 bits per heavy atom. The van der Waals surface area contributed by atoms with E-state index in [1.165, 1.54) is 25.0 Å². The molecule has 9 heteroatoms. The van der Waals surface area contributed by atoms with Crippen molar-refractivity contribution >= 4 is 28.1 Å². The number of rotatable bonds is 5. The maximum Gasteiger partial charge on any atom is 0.193 e. The monoisotopic (exact) mass is 434 g/mol. The summed E-state index contributed by atoms with van der Waals surface area (Å²) in [6, 6.07) is 3.60. The number of anilines is 2. The molecule has 1 aromatic heterocycles. The molecule has 4 rings (SSSR count). The maximum absolute atomic E-state index is 14.0. The molecule has 1 N–H and O–H groups in total. The molecule has 0 amide bonds. The van der Waals surface area contributed by atoms with Gasteiger partial charge in [0.05, 0.1) is 11.4 Å². The molecule has 2 aliphatic rings. The number of aromatic nitrogens is 1. The SMILES string of the molecule is CN=C(NCCc1csc(N2CCCC2)n1)N1CCN(c2cc(F)ccc2F)CC1. The molecule has 0 saturated carbocycles. The molecule has 0 unspecified atom stereocenters. The zero-order valence-electron chi connectivity index (χ0n) is 17.3. The lowest BCUT2D eigenvalue weighted by molar-refractivity contribution is 0.371. The zero-order chi connectivity index (χ0) is 20.9. The van der Waals surface area contributed by atoms with Gasteiger partial charge in [0.15, 0.2) is 11.1 Å². The maximum atomic E-state index is 14.0. The van der Waals surface area contributed by atoms with Crippen molar-refractivity contribution in [1.29, 1.82) is 0 Å². The third-order valence-corrected chi connectivity index (χ3v) is 6.57. The number of thiazole rings is 1. The molecule has 2 saturated heterocycles. The summed E-state index contributed by atoms with van der Waals surface area (Å²) in [7, 11) is 1.77. The summed E-state index contributed by atoms with van der Waals surface area (Å²) in [4.78, 5) is 15.6. The van der Waals surface area contributed by atoms with Crippen LogP contribution in [0.1, 0.15) is 18.5 Å². The standard InChI is InChI=1S/C21H28F2N6S/c1-24-20(25-7-6-17-15-30-21(26-17)29-8-2-3-9-29)28-12-10-27(11-13-28)19-14-16(22)4-5-18(19)23/h4-5,14-15H,2-3,6-13H2,1H3,(H,24,25). The van der Waals surface area contributed by atoms with Crippen molar-refractivity contribution < 1.29 is 8.78 Å². The van der Waals surface area contributed by atoms with Crippen LogP contribution in [0.3, 0.4) is 0 Å². The van der Waals surface area contributed by atoms with E-state index in [9.17, 15) is 8.78 Å². The third kappa shape index (κ3) is 4.83. The van der Waals surface area contributed by atoms with E-state index in [0.29, 0.717) is 31.9 Å². The van der Waals surface area contributed by atoms with E-state index in [2.05, 4.69) is 25.5 Å². The number of nitrogens with zero attached hydrogens (tertiary/aromatic N) is 5. The number of aliphatic imine (C=N–C) groups is 1. The highest BCUT2D eigenvalue weighted by molar-refractivity contribution is 7.13. The van der Waals surface area contributed by atoms with Crippen LogP contribution in [0.2, 0.25) is 0 Å². The van der Waals surface area contributed by atoms with Gasteiger partial charge in [-0.3, -0.25) is 4.99 Å². The van der Waals surface area contributed by atoms with Gasteiger partial charge >= 0.3 is 0 Å².